The lowest BCUT2D eigenvalue weighted by atomic mass is 9.96. The Labute approximate surface area is 119 Å². The molecule has 0 aromatic carbocycles. The molecule has 110 valence electrons. The standard InChI is InChI=1S/C14H22N4O2/c1-2-4-11-5-3-9-17(10-8-11)14-12(18(19)20)6-7-13(15)16-14/h6-7,11H,2-5,8-10H2,1H3,(H2,15,16). The third-order valence-corrected chi connectivity index (χ3v) is 3.92. The average molecular weight is 278 g/mol. The molecule has 2 heterocycles. The van der Waals surface area contributed by atoms with Gasteiger partial charge in [-0.05, 0) is 31.2 Å². The Kier molecular flexibility index (Phi) is 4.76. The molecule has 1 atom stereocenters. The molecule has 0 radical (unpaired) electrons. The molecule has 2 N–H and O–H groups in total. The molecule has 0 saturated carbocycles. The zero-order valence-corrected chi connectivity index (χ0v) is 11.9. The molecule has 0 spiro atoms. The van der Waals surface area contributed by atoms with Gasteiger partial charge in [-0.1, -0.05) is 19.8 Å². The van der Waals surface area contributed by atoms with Crippen molar-refractivity contribution in [3.63, 3.8) is 0 Å². The van der Waals surface area contributed by atoms with Gasteiger partial charge in [-0.25, -0.2) is 4.98 Å². The van der Waals surface area contributed by atoms with Gasteiger partial charge in [0.1, 0.15) is 5.82 Å². The zero-order valence-electron chi connectivity index (χ0n) is 11.9. The Balaban J connectivity index is 2.18. The van der Waals surface area contributed by atoms with Crippen LogP contribution in [0.4, 0.5) is 17.3 Å². The summed E-state index contributed by atoms with van der Waals surface area (Å²) in [6.45, 7) is 3.84. The van der Waals surface area contributed by atoms with E-state index in [-0.39, 0.29) is 10.6 Å². The minimum absolute atomic E-state index is 0.0492. The van der Waals surface area contributed by atoms with Crippen molar-refractivity contribution in [1.29, 1.82) is 0 Å². The number of hydrogen-bond acceptors (Lipinski definition) is 5. The van der Waals surface area contributed by atoms with E-state index in [1.807, 2.05) is 4.90 Å². The topological polar surface area (TPSA) is 85.3 Å². The van der Waals surface area contributed by atoms with Crippen molar-refractivity contribution in [3.05, 3.63) is 22.2 Å². The zero-order chi connectivity index (χ0) is 14.5. The maximum Gasteiger partial charge on any atom is 0.311 e. The summed E-state index contributed by atoms with van der Waals surface area (Å²) >= 11 is 0. The molecule has 1 aromatic rings. The summed E-state index contributed by atoms with van der Waals surface area (Å²) in [4.78, 5) is 17.0. The minimum atomic E-state index is -0.379. The number of nitro groups is 1. The number of anilines is 2. The Morgan fingerprint density at radius 3 is 2.95 bits per heavy atom. The first-order chi connectivity index (χ1) is 9.61. The molecule has 20 heavy (non-hydrogen) atoms. The minimum Gasteiger partial charge on any atom is -0.384 e. The van der Waals surface area contributed by atoms with Crippen LogP contribution in [-0.4, -0.2) is 23.0 Å². The Bertz CT molecular complexity index is 478. The van der Waals surface area contributed by atoms with Crippen LogP contribution < -0.4 is 10.6 Å². The van der Waals surface area contributed by atoms with Crippen LogP contribution in [0.5, 0.6) is 0 Å². The average Bonchev–Trinajstić information content (AvgIpc) is 2.64. The lowest BCUT2D eigenvalue weighted by molar-refractivity contribution is -0.384. The summed E-state index contributed by atoms with van der Waals surface area (Å²) in [6.07, 6.45) is 5.75. The van der Waals surface area contributed by atoms with E-state index in [9.17, 15) is 10.1 Å². The first-order valence-corrected chi connectivity index (χ1v) is 7.27. The summed E-state index contributed by atoms with van der Waals surface area (Å²) in [5.41, 5.74) is 5.74. The maximum absolute atomic E-state index is 11.1. The predicted octanol–water partition coefficient (Wildman–Crippen LogP) is 2.98. The SMILES string of the molecule is CCCC1CCCN(c2nc(N)ccc2[N+](=O)[O-])CC1. The predicted molar refractivity (Wildman–Crippen MR) is 79.8 cm³/mol. The number of aromatic nitrogens is 1. The molecule has 1 unspecified atom stereocenters. The van der Waals surface area contributed by atoms with Crippen molar-refractivity contribution in [3.8, 4) is 0 Å². The molecule has 2 rings (SSSR count). The van der Waals surface area contributed by atoms with Gasteiger partial charge < -0.3 is 10.6 Å². The van der Waals surface area contributed by atoms with Crippen LogP contribution in [0.1, 0.15) is 39.0 Å². The molecule has 0 amide bonds. The Morgan fingerprint density at radius 2 is 2.25 bits per heavy atom. The molecular formula is C14H22N4O2. The van der Waals surface area contributed by atoms with Crippen LogP contribution in [0.25, 0.3) is 0 Å². The monoisotopic (exact) mass is 278 g/mol. The quantitative estimate of drug-likeness (QED) is 0.676. The van der Waals surface area contributed by atoms with Crippen LogP contribution in [0.15, 0.2) is 12.1 Å². The highest BCUT2D eigenvalue weighted by Gasteiger charge is 2.24. The van der Waals surface area contributed by atoms with Crippen LogP contribution in [-0.2, 0) is 0 Å². The number of nitrogens with two attached hydrogens (primary N) is 1. The van der Waals surface area contributed by atoms with E-state index >= 15 is 0 Å². The van der Waals surface area contributed by atoms with E-state index in [2.05, 4.69) is 11.9 Å². The normalized spacial score (nSPS) is 19.6. The van der Waals surface area contributed by atoms with Crippen molar-refractivity contribution in [1.82, 2.24) is 4.98 Å². The van der Waals surface area contributed by atoms with Crippen LogP contribution >= 0.6 is 0 Å². The van der Waals surface area contributed by atoms with Gasteiger partial charge in [0.25, 0.3) is 0 Å². The second kappa shape index (κ2) is 6.54. The van der Waals surface area contributed by atoms with Crippen LogP contribution in [0.2, 0.25) is 0 Å². The lowest BCUT2D eigenvalue weighted by Crippen LogP contribution is -2.26. The fraction of sp³-hybridized carbons (Fsp3) is 0.643. The van der Waals surface area contributed by atoms with Gasteiger partial charge in [0, 0.05) is 19.2 Å². The molecule has 0 bridgehead atoms. The third-order valence-electron chi connectivity index (χ3n) is 3.92. The van der Waals surface area contributed by atoms with Gasteiger partial charge in [-0.15, -0.1) is 0 Å². The van der Waals surface area contributed by atoms with Gasteiger partial charge in [-0.3, -0.25) is 10.1 Å². The molecule has 6 nitrogen and oxygen atoms in total. The first kappa shape index (κ1) is 14.6. The molecule has 1 aromatic heterocycles. The van der Waals surface area contributed by atoms with E-state index < -0.39 is 0 Å². The van der Waals surface area contributed by atoms with Crippen LogP contribution in [0.3, 0.4) is 0 Å². The fourth-order valence-corrected chi connectivity index (χ4v) is 2.90. The van der Waals surface area contributed by atoms with E-state index in [0.29, 0.717) is 11.6 Å². The number of hydrogen-bond donors (Lipinski definition) is 1. The van der Waals surface area contributed by atoms with Gasteiger partial charge in [-0.2, -0.15) is 0 Å². The summed E-state index contributed by atoms with van der Waals surface area (Å²) in [5.74, 6) is 1.48. The number of rotatable bonds is 4. The first-order valence-electron chi connectivity index (χ1n) is 7.27. The summed E-state index contributed by atoms with van der Waals surface area (Å²) in [5, 5.41) is 11.1. The number of nitrogen functional groups attached to an aromatic ring is 1. The highest BCUT2D eigenvalue weighted by molar-refractivity contribution is 5.61. The fourth-order valence-electron chi connectivity index (χ4n) is 2.90. The second-order valence-corrected chi connectivity index (χ2v) is 5.41. The smallest absolute Gasteiger partial charge is 0.311 e. The largest absolute Gasteiger partial charge is 0.384 e. The highest BCUT2D eigenvalue weighted by atomic mass is 16.6. The van der Waals surface area contributed by atoms with Gasteiger partial charge in [0.2, 0.25) is 5.82 Å². The maximum atomic E-state index is 11.1. The van der Waals surface area contributed by atoms with Crippen LogP contribution in [0, 0.1) is 16.0 Å². The van der Waals surface area contributed by atoms with Crippen molar-refractivity contribution in [2.45, 2.75) is 39.0 Å². The molecular weight excluding hydrogens is 256 g/mol. The Hall–Kier alpha value is -1.85. The van der Waals surface area contributed by atoms with Crippen molar-refractivity contribution in [2.24, 2.45) is 5.92 Å². The van der Waals surface area contributed by atoms with Crippen molar-refractivity contribution >= 4 is 17.3 Å². The molecule has 1 fully saturated rings. The third kappa shape index (κ3) is 3.37. The molecule has 1 aliphatic heterocycles. The number of pyridine rings is 1. The lowest BCUT2D eigenvalue weighted by Gasteiger charge is -2.21. The van der Waals surface area contributed by atoms with Crippen molar-refractivity contribution in [2.75, 3.05) is 23.7 Å². The van der Waals surface area contributed by atoms with Gasteiger partial charge in [0.05, 0.1) is 4.92 Å². The van der Waals surface area contributed by atoms with E-state index in [0.717, 1.165) is 31.8 Å². The Morgan fingerprint density at radius 1 is 1.45 bits per heavy atom. The van der Waals surface area contributed by atoms with Gasteiger partial charge >= 0.3 is 5.69 Å². The van der Waals surface area contributed by atoms with E-state index in [1.165, 1.54) is 31.4 Å². The summed E-state index contributed by atoms with van der Waals surface area (Å²) in [7, 11) is 0. The summed E-state index contributed by atoms with van der Waals surface area (Å²) in [6, 6.07) is 2.94. The second-order valence-electron chi connectivity index (χ2n) is 5.41. The molecule has 1 aliphatic rings. The molecule has 6 heteroatoms. The van der Waals surface area contributed by atoms with Crippen molar-refractivity contribution < 1.29 is 4.92 Å². The summed E-state index contributed by atoms with van der Waals surface area (Å²) < 4.78 is 0. The molecule has 0 aliphatic carbocycles. The van der Waals surface area contributed by atoms with E-state index in [4.69, 9.17) is 5.73 Å². The van der Waals surface area contributed by atoms with Gasteiger partial charge in [0.15, 0.2) is 0 Å². The molecule has 1 saturated heterocycles. The number of nitrogens with zero attached hydrogens (tertiary/aromatic N) is 3. The van der Waals surface area contributed by atoms with E-state index in [1.54, 1.807) is 0 Å². The highest BCUT2D eigenvalue weighted by Crippen LogP contribution is 2.30.